The maximum Gasteiger partial charge on any atom is 0.139 e. The van der Waals surface area contributed by atoms with E-state index < -0.39 is 6.17 Å². The van der Waals surface area contributed by atoms with E-state index in [-0.39, 0.29) is 22.2 Å². The second-order valence-electron chi connectivity index (χ2n) is 10.6. The molecular weight excluding hydrogens is 337 g/mol. The maximum atomic E-state index is 14.4. The molecule has 2 nitrogen and oxygen atoms in total. The fraction of sp³-hybridized carbons (Fsp3) is 0.708. The molecule has 6 rings (SSSR count). The van der Waals surface area contributed by atoms with Gasteiger partial charge < -0.3 is 5.32 Å². The standard InChI is InChI=1S/C24H32FNO/c1-22-10-17-11-23(14-22,19-5-3-2-4-6-19)16-24(12-17,15-22)21(27)9-18-7-8-26-13-20(18)25/h2-6,17-18,20,26H,7-16H2,1H3/t17?,18-,20-,22+,23+,24?/m0/s1. The molecule has 4 saturated carbocycles. The van der Waals surface area contributed by atoms with Crippen molar-refractivity contribution in [1.82, 2.24) is 5.32 Å². The molecule has 0 aromatic heterocycles. The fourth-order valence-electron chi connectivity index (χ4n) is 7.90. The van der Waals surface area contributed by atoms with Crippen molar-refractivity contribution in [3.8, 4) is 0 Å². The fourth-order valence-corrected chi connectivity index (χ4v) is 7.90. The summed E-state index contributed by atoms with van der Waals surface area (Å²) in [7, 11) is 0. The molecule has 1 N–H and O–H groups in total. The lowest BCUT2D eigenvalue weighted by Gasteiger charge is -2.66. The van der Waals surface area contributed by atoms with Crippen LogP contribution in [0.25, 0.3) is 0 Å². The minimum absolute atomic E-state index is 0.0766. The average molecular weight is 370 g/mol. The number of alkyl halides is 1. The van der Waals surface area contributed by atoms with Gasteiger partial charge in [0, 0.05) is 18.4 Å². The van der Waals surface area contributed by atoms with E-state index in [9.17, 15) is 9.18 Å². The zero-order chi connectivity index (χ0) is 18.7. The summed E-state index contributed by atoms with van der Waals surface area (Å²) >= 11 is 0. The molecule has 1 aliphatic heterocycles. The van der Waals surface area contributed by atoms with Crippen molar-refractivity contribution < 1.29 is 9.18 Å². The van der Waals surface area contributed by atoms with Crippen LogP contribution in [0.15, 0.2) is 30.3 Å². The van der Waals surface area contributed by atoms with Crippen molar-refractivity contribution in [1.29, 1.82) is 0 Å². The van der Waals surface area contributed by atoms with E-state index in [0.29, 0.717) is 24.7 Å². The number of benzene rings is 1. The molecule has 5 fully saturated rings. The molecule has 0 amide bonds. The first kappa shape index (κ1) is 17.8. The van der Waals surface area contributed by atoms with E-state index in [1.165, 1.54) is 24.8 Å². The monoisotopic (exact) mass is 369 g/mol. The molecular formula is C24H32FNO. The Morgan fingerprint density at radius 1 is 1.15 bits per heavy atom. The van der Waals surface area contributed by atoms with Gasteiger partial charge in [0.15, 0.2) is 0 Å². The topological polar surface area (TPSA) is 29.1 Å². The Labute approximate surface area is 162 Å². The molecule has 1 saturated heterocycles. The van der Waals surface area contributed by atoms with Crippen LogP contribution in [0.5, 0.6) is 0 Å². The van der Waals surface area contributed by atoms with E-state index in [1.54, 1.807) is 0 Å². The number of hydrogen-bond acceptors (Lipinski definition) is 2. The molecule has 0 radical (unpaired) electrons. The maximum absolute atomic E-state index is 14.4. The number of hydrogen-bond donors (Lipinski definition) is 1. The summed E-state index contributed by atoms with van der Waals surface area (Å²) in [6, 6.07) is 10.9. The Morgan fingerprint density at radius 3 is 2.70 bits per heavy atom. The normalized spacial score (nSPS) is 45.8. The van der Waals surface area contributed by atoms with Crippen LogP contribution in [0, 0.1) is 22.7 Å². The molecule has 1 aromatic rings. The predicted molar refractivity (Wildman–Crippen MR) is 105 cm³/mol. The second kappa shape index (κ2) is 6.14. The van der Waals surface area contributed by atoms with Gasteiger partial charge in [-0.3, -0.25) is 4.79 Å². The number of carbonyl (C=O) groups is 1. The molecule has 1 heterocycles. The first-order chi connectivity index (χ1) is 12.9. The Balaban J connectivity index is 1.46. The molecule has 5 aliphatic rings. The number of carbonyl (C=O) groups excluding carboxylic acids is 1. The van der Waals surface area contributed by atoms with Gasteiger partial charge in [0.05, 0.1) is 0 Å². The van der Waals surface area contributed by atoms with Gasteiger partial charge in [-0.25, -0.2) is 4.39 Å². The van der Waals surface area contributed by atoms with Crippen LogP contribution >= 0.6 is 0 Å². The van der Waals surface area contributed by atoms with E-state index >= 15 is 0 Å². The van der Waals surface area contributed by atoms with Gasteiger partial charge in [0.2, 0.25) is 0 Å². The van der Waals surface area contributed by atoms with Crippen LogP contribution in [0.3, 0.4) is 0 Å². The summed E-state index contributed by atoms with van der Waals surface area (Å²) in [5.74, 6) is 0.963. The van der Waals surface area contributed by atoms with Crippen LogP contribution in [0.2, 0.25) is 0 Å². The minimum Gasteiger partial charge on any atom is -0.314 e. The quantitative estimate of drug-likeness (QED) is 0.824. The van der Waals surface area contributed by atoms with Crippen molar-refractivity contribution in [2.75, 3.05) is 13.1 Å². The van der Waals surface area contributed by atoms with E-state index in [0.717, 1.165) is 32.2 Å². The number of halogens is 1. The van der Waals surface area contributed by atoms with Crippen LogP contribution < -0.4 is 5.32 Å². The molecule has 4 bridgehead atoms. The lowest BCUT2D eigenvalue weighted by Crippen LogP contribution is -2.60. The first-order valence-corrected chi connectivity index (χ1v) is 10.9. The molecule has 2 unspecified atom stereocenters. The van der Waals surface area contributed by atoms with E-state index in [1.807, 2.05) is 0 Å². The van der Waals surface area contributed by atoms with Crippen LogP contribution in [0.1, 0.15) is 63.9 Å². The highest BCUT2D eigenvalue weighted by Gasteiger charge is 2.64. The zero-order valence-electron chi connectivity index (χ0n) is 16.5. The van der Waals surface area contributed by atoms with Crippen molar-refractivity contribution in [3.05, 3.63) is 35.9 Å². The molecule has 4 aliphatic carbocycles. The number of piperidine rings is 1. The third-order valence-corrected chi connectivity index (χ3v) is 8.32. The lowest BCUT2D eigenvalue weighted by atomic mass is 9.38. The van der Waals surface area contributed by atoms with Gasteiger partial charge >= 0.3 is 0 Å². The van der Waals surface area contributed by atoms with E-state index in [2.05, 4.69) is 42.6 Å². The molecule has 6 atom stereocenters. The molecule has 146 valence electrons. The second-order valence-corrected chi connectivity index (χ2v) is 10.6. The van der Waals surface area contributed by atoms with Crippen molar-refractivity contribution in [2.45, 2.75) is 69.9 Å². The van der Waals surface area contributed by atoms with E-state index in [4.69, 9.17) is 0 Å². The van der Waals surface area contributed by atoms with Gasteiger partial charge in [0.1, 0.15) is 12.0 Å². The zero-order valence-corrected chi connectivity index (χ0v) is 16.5. The Bertz CT molecular complexity index is 735. The Kier molecular flexibility index (Phi) is 4.06. The number of Topliss-reactive ketones (excluding diaryl/α,β-unsaturated/α-hetero) is 1. The summed E-state index contributed by atoms with van der Waals surface area (Å²) in [5, 5.41) is 3.12. The number of ketones is 1. The molecule has 1 aromatic carbocycles. The van der Waals surface area contributed by atoms with Gasteiger partial charge in [-0.2, -0.15) is 0 Å². The third-order valence-electron chi connectivity index (χ3n) is 8.32. The largest absolute Gasteiger partial charge is 0.314 e. The lowest BCUT2D eigenvalue weighted by molar-refractivity contribution is -0.159. The summed E-state index contributed by atoms with van der Waals surface area (Å²) in [4.78, 5) is 13.6. The van der Waals surface area contributed by atoms with Crippen molar-refractivity contribution >= 4 is 5.78 Å². The number of nitrogens with one attached hydrogen (secondary N) is 1. The van der Waals surface area contributed by atoms with Gasteiger partial charge in [-0.15, -0.1) is 0 Å². The number of rotatable bonds is 4. The molecule has 3 heteroatoms. The summed E-state index contributed by atoms with van der Waals surface area (Å²) in [6.45, 7) is 3.68. The van der Waals surface area contributed by atoms with Crippen molar-refractivity contribution in [3.63, 3.8) is 0 Å². The van der Waals surface area contributed by atoms with Gasteiger partial charge in [-0.05, 0) is 79.7 Å². The average Bonchev–Trinajstić information content (AvgIpc) is 2.62. The summed E-state index contributed by atoms with van der Waals surface area (Å²) < 4.78 is 14.4. The highest BCUT2D eigenvalue weighted by Crippen LogP contribution is 2.70. The van der Waals surface area contributed by atoms with Gasteiger partial charge in [0.25, 0.3) is 0 Å². The van der Waals surface area contributed by atoms with Crippen LogP contribution in [0.4, 0.5) is 4.39 Å². The smallest absolute Gasteiger partial charge is 0.139 e. The molecule has 0 spiro atoms. The SMILES string of the molecule is C[C@]12CC3CC(C(=O)C[C@@H]4CCNC[C@@H]4F)(C1)C[C@@](c1ccccc1)(C3)C2. The first-order valence-electron chi connectivity index (χ1n) is 10.9. The van der Waals surface area contributed by atoms with Crippen LogP contribution in [-0.2, 0) is 10.2 Å². The Hall–Kier alpha value is -1.22. The molecule has 27 heavy (non-hydrogen) atoms. The highest BCUT2D eigenvalue weighted by atomic mass is 19.1. The summed E-state index contributed by atoms with van der Waals surface area (Å²) in [6.07, 6.45) is 7.20. The predicted octanol–water partition coefficient (Wildman–Crippen LogP) is 4.82. The summed E-state index contributed by atoms with van der Waals surface area (Å²) in [5.41, 5.74) is 1.67. The third kappa shape index (κ3) is 2.88. The van der Waals surface area contributed by atoms with Crippen LogP contribution in [-0.4, -0.2) is 25.0 Å². The highest BCUT2D eigenvalue weighted by molar-refractivity contribution is 5.86. The Morgan fingerprint density at radius 2 is 1.96 bits per heavy atom. The van der Waals surface area contributed by atoms with Gasteiger partial charge in [-0.1, -0.05) is 37.3 Å². The van der Waals surface area contributed by atoms with Crippen molar-refractivity contribution in [2.24, 2.45) is 22.7 Å². The minimum atomic E-state index is -0.865.